The van der Waals surface area contributed by atoms with Crippen LogP contribution in [0.4, 0.5) is 11.5 Å². The minimum absolute atomic E-state index is 0.0316. The maximum absolute atomic E-state index is 13.3. The molecule has 0 radical (unpaired) electrons. The van der Waals surface area contributed by atoms with Crippen LogP contribution in [0.5, 0.6) is 11.8 Å². The molecule has 1 aliphatic carbocycles. The van der Waals surface area contributed by atoms with Crippen molar-refractivity contribution in [2.45, 2.75) is 50.8 Å². The summed E-state index contributed by atoms with van der Waals surface area (Å²) in [4.78, 5) is 35.5. The molecule has 4 aliphatic rings. The first-order chi connectivity index (χ1) is 23.1. The third kappa shape index (κ3) is 7.29. The van der Waals surface area contributed by atoms with Crippen molar-refractivity contribution >= 4 is 28.2 Å². The number of carbonyl (C=O) groups excluding carboxylic acids is 1. The summed E-state index contributed by atoms with van der Waals surface area (Å²) >= 11 is 0. The molecule has 4 heterocycles. The van der Waals surface area contributed by atoms with Gasteiger partial charge in [0.2, 0.25) is 12.5 Å². The highest BCUT2D eigenvalue weighted by atomic mass is 16.5. The van der Waals surface area contributed by atoms with Crippen molar-refractivity contribution in [3.05, 3.63) is 71.2 Å². The summed E-state index contributed by atoms with van der Waals surface area (Å²) in [5.74, 6) is 1.02. The highest BCUT2D eigenvalue weighted by Gasteiger charge is 2.35. The largest absolute Gasteiger partial charge is 0.508 e. The number of nitrogens with zero attached hydrogens (tertiary/aromatic N) is 7. The Balaban J connectivity index is 1.13. The van der Waals surface area contributed by atoms with Gasteiger partial charge in [0.1, 0.15) is 24.2 Å². The molecule has 3 aromatic rings. The number of aromatic nitrogens is 2. The van der Waals surface area contributed by atoms with Crippen LogP contribution in [0.2, 0.25) is 0 Å². The molecule has 1 N–H and O–H groups in total. The number of likely N-dealkylation sites (tertiary alicyclic amines) is 1. The molecule has 1 amide bonds. The van der Waals surface area contributed by atoms with Gasteiger partial charge in [-0.05, 0) is 56.6 Å². The van der Waals surface area contributed by atoms with Crippen LogP contribution in [-0.4, -0.2) is 108 Å². The van der Waals surface area contributed by atoms with Crippen LogP contribution in [0.1, 0.15) is 36.9 Å². The topological polar surface area (TPSA) is 98.9 Å². The molecule has 1 aromatic heterocycles. The van der Waals surface area contributed by atoms with Crippen LogP contribution in [0.25, 0.3) is 15.6 Å². The summed E-state index contributed by atoms with van der Waals surface area (Å²) in [6.45, 7) is 14.6. The van der Waals surface area contributed by atoms with Crippen molar-refractivity contribution in [2.75, 3.05) is 75.4 Å². The molecular weight excluding hydrogens is 594 g/mol. The van der Waals surface area contributed by atoms with Gasteiger partial charge in [-0.15, -0.1) is 0 Å². The van der Waals surface area contributed by atoms with Gasteiger partial charge in [-0.1, -0.05) is 30.3 Å². The zero-order valence-electron chi connectivity index (χ0n) is 26.9. The van der Waals surface area contributed by atoms with Crippen LogP contribution in [-0.2, 0) is 22.5 Å². The molecule has 11 heteroatoms. The van der Waals surface area contributed by atoms with E-state index in [1.54, 1.807) is 12.1 Å². The SMILES string of the molecule is [C-]#[N+]C[C@H]1CN(c2nc(OCCOC3CC3)nc3c2CCN(c2cc(O)cc4ccccc24)C3)CCN1C(=O)/C=C/CN1CCCC1. The lowest BCUT2D eigenvalue weighted by molar-refractivity contribution is -0.128. The van der Waals surface area contributed by atoms with Crippen molar-refractivity contribution < 1.29 is 19.4 Å². The minimum atomic E-state index is -0.245. The number of benzene rings is 2. The Kier molecular flexibility index (Phi) is 9.40. The monoisotopic (exact) mass is 637 g/mol. The van der Waals surface area contributed by atoms with E-state index in [1.807, 2.05) is 35.2 Å². The third-order valence-electron chi connectivity index (χ3n) is 9.57. The van der Waals surface area contributed by atoms with Gasteiger partial charge in [-0.2, -0.15) is 9.97 Å². The zero-order valence-corrected chi connectivity index (χ0v) is 26.9. The van der Waals surface area contributed by atoms with E-state index in [9.17, 15) is 9.90 Å². The number of fused-ring (bicyclic) bond motifs is 2. The summed E-state index contributed by atoms with van der Waals surface area (Å²) < 4.78 is 11.9. The first kappa shape index (κ1) is 31.2. The van der Waals surface area contributed by atoms with E-state index >= 15 is 0 Å². The number of phenols is 1. The lowest BCUT2D eigenvalue weighted by Gasteiger charge is -2.41. The van der Waals surface area contributed by atoms with Crippen molar-refractivity contribution in [1.82, 2.24) is 19.8 Å². The van der Waals surface area contributed by atoms with E-state index in [0.717, 1.165) is 72.6 Å². The van der Waals surface area contributed by atoms with E-state index in [-0.39, 0.29) is 24.2 Å². The van der Waals surface area contributed by atoms with Gasteiger partial charge in [0.15, 0.2) is 0 Å². The van der Waals surface area contributed by atoms with Crippen LogP contribution in [0.15, 0.2) is 48.6 Å². The molecule has 3 fully saturated rings. The van der Waals surface area contributed by atoms with E-state index in [1.165, 1.54) is 12.8 Å². The Hall–Kier alpha value is -4.40. The van der Waals surface area contributed by atoms with Gasteiger partial charge in [0.25, 0.3) is 0 Å². The quantitative estimate of drug-likeness (QED) is 0.190. The second kappa shape index (κ2) is 14.2. The predicted molar refractivity (Wildman–Crippen MR) is 181 cm³/mol. The van der Waals surface area contributed by atoms with Crippen molar-refractivity contribution in [3.8, 4) is 11.8 Å². The first-order valence-electron chi connectivity index (χ1n) is 16.9. The molecule has 0 unspecified atom stereocenters. The molecule has 3 aliphatic heterocycles. The lowest BCUT2D eigenvalue weighted by Crippen LogP contribution is -2.56. The lowest BCUT2D eigenvalue weighted by atomic mass is 10.0. The predicted octanol–water partition coefficient (Wildman–Crippen LogP) is 4.04. The van der Waals surface area contributed by atoms with Gasteiger partial charge >= 0.3 is 6.01 Å². The number of rotatable bonds is 11. The highest BCUT2D eigenvalue weighted by Crippen LogP contribution is 2.36. The first-order valence-corrected chi connectivity index (χ1v) is 16.9. The Morgan fingerprint density at radius 1 is 1.04 bits per heavy atom. The standard InChI is InChI=1S/C36H43N7O4/c1-37-23-27-24-42(17-18-43(27)34(45)9-6-15-40-13-4-5-14-40)35-31-12-16-41(33-22-28(44)21-26-7-2-3-8-30(26)33)25-32(31)38-36(39-35)47-20-19-46-29-10-11-29/h2-3,6-9,21-22,27,29,44H,4-5,10-20,23-25H2/b9-6+/t27-/m0/s1. The van der Waals surface area contributed by atoms with Gasteiger partial charge in [-0.3, -0.25) is 9.69 Å². The fourth-order valence-electron chi connectivity index (χ4n) is 7.00. The molecule has 2 aromatic carbocycles. The van der Waals surface area contributed by atoms with Gasteiger partial charge in [0, 0.05) is 61.5 Å². The molecule has 7 rings (SSSR count). The van der Waals surface area contributed by atoms with E-state index < -0.39 is 0 Å². The fourth-order valence-corrected chi connectivity index (χ4v) is 7.00. The maximum atomic E-state index is 13.3. The zero-order chi connectivity index (χ0) is 32.2. The molecule has 1 atom stereocenters. The summed E-state index contributed by atoms with van der Waals surface area (Å²) in [5, 5.41) is 12.6. The summed E-state index contributed by atoms with van der Waals surface area (Å²) in [6.07, 6.45) is 9.36. The molecule has 1 saturated carbocycles. The van der Waals surface area contributed by atoms with Gasteiger partial charge in [-0.25, -0.2) is 6.57 Å². The fraction of sp³-hybridized carbons (Fsp3) is 0.500. The van der Waals surface area contributed by atoms with Gasteiger partial charge < -0.3 is 34.1 Å². The van der Waals surface area contributed by atoms with Crippen molar-refractivity contribution in [1.29, 1.82) is 0 Å². The molecule has 47 heavy (non-hydrogen) atoms. The number of anilines is 2. The molecule has 11 nitrogen and oxygen atoms in total. The van der Waals surface area contributed by atoms with Crippen LogP contribution >= 0.6 is 0 Å². The maximum Gasteiger partial charge on any atom is 0.318 e. The number of phenolic OH excluding ortho intramolecular Hbond substituents is 1. The van der Waals surface area contributed by atoms with Crippen molar-refractivity contribution in [3.63, 3.8) is 0 Å². The number of hydrogen-bond donors (Lipinski definition) is 1. The van der Waals surface area contributed by atoms with E-state index in [0.29, 0.717) is 57.9 Å². The molecule has 2 saturated heterocycles. The van der Waals surface area contributed by atoms with Crippen molar-refractivity contribution in [2.24, 2.45) is 0 Å². The molecule has 0 spiro atoms. The Bertz CT molecular complexity index is 1660. The summed E-state index contributed by atoms with van der Waals surface area (Å²) in [6, 6.07) is 11.8. The number of carbonyl (C=O) groups is 1. The average Bonchev–Trinajstić information content (AvgIpc) is 3.77. The Morgan fingerprint density at radius 3 is 2.72 bits per heavy atom. The second-order valence-electron chi connectivity index (χ2n) is 12.9. The molecular formula is C36H43N7O4. The number of aromatic hydroxyl groups is 1. The average molecular weight is 638 g/mol. The Morgan fingerprint density at radius 2 is 1.89 bits per heavy atom. The second-order valence-corrected chi connectivity index (χ2v) is 12.9. The number of ether oxygens (including phenoxy) is 2. The summed E-state index contributed by atoms with van der Waals surface area (Å²) in [7, 11) is 0. The Labute approximate surface area is 276 Å². The van der Waals surface area contributed by atoms with Gasteiger partial charge in [0.05, 0.1) is 24.9 Å². The number of piperazine rings is 1. The van der Waals surface area contributed by atoms with Crippen LogP contribution in [0, 0.1) is 6.57 Å². The van der Waals surface area contributed by atoms with Crippen LogP contribution in [0.3, 0.4) is 0 Å². The molecule has 0 bridgehead atoms. The molecule has 246 valence electrons. The van der Waals surface area contributed by atoms with E-state index in [2.05, 4.69) is 25.6 Å². The normalized spacial score (nSPS) is 20.1. The number of hydrogen-bond acceptors (Lipinski definition) is 9. The minimum Gasteiger partial charge on any atom is -0.508 e. The smallest absolute Gasteiger partial charge is 0.318 e. The number of amides is 1. The van der Waals surface area contributed by atoms with E-state index in [4.69, 9.17) is 26.0 Å². The third-order valence-corrected chi connectivity index (χ3v) is 9.57. The summed E-state index contributed by atoms with van der Waals surface area (Å²) in [5.41, 5.74) is 2.92. The highest BCUT2D eigenvalue weighted by molar-refractivity contribution is 5.95. The van der Waals surface area contributed by atoms with Crippen LogP contribution < -0.4 is 14.5 Å².